The number of alkyl halides is 6. The summed E-state index contributed by atoms with van der Waals surface area (Å²) < 4.78 is 110. The minimum Gasteiger partial charge on any atom is -0.335 e. The van der Waals surface area contributed by atoms with Crippen molar-refractivity contribution < 1.29 is 39.6 Å². The summed E-state index contributed by atoms with van der Waals surface area (Å²) in [5.74, 6) is -0.847. The maximum Gasteiger partial charge on any atom is 0.416 e. The number of piperazine rings is 1. The number of nitrogens with zero attached hydrogens (tertiary/aromatic N) is 4. The van der Waals surface area contributed by atoms with Gasteiger partial charge >= 0.3 is 12.4 Å². The number of sulfonamides is 1. The Morgan fingerprint density at radius 3 is 2.00 bits per heavy atom. The molecule has 266 valence electrons. The minimum atomic E-state index is -5.05. The van der Waals surface area contributed by atoms with Gasteiger partial charge in [0.15, 0.2) is 0 Å². The number of rotatable bonds is 7. The Balaban J connectivity index is 1.15. The Morgan fingerprint density at radius 1 is 0.776 bits per heavy atom. The Labute approximate surface area is 286 Å². The molecule has 3 aliphatic rings. The number of thiophene rings is 1. The van der Waals surface area contributed by atoms with E-state index in [0.29, 0.717) is 48.7 Å². The predicted molar refractivity (Wildman–Crippen MR) is 174 cm³/mol. The average molecular weight is 729 g/mol. The average Bonchev–Trinajstić information content (AvgIpc) is 3.64. The first-order chi connectivity index (χ1) is 23.2. The van der Waals surface area contributed by atoms with Crippen LogP contribution in [0.25, 0.3) is 0 Å². The zero-order chi connectivity index (χ0) is 35.0. The lowest BCUT2D eigenvalue weighted by Gasteiger charge is -2.48. The number of hydrogen-bond acceptors (Lipinski definition) is 6. The van der Waals surface area contributed by atoms with E-state index in [0.717, 1.165) is 44.6 Å². The largest absolute Gasteiger partial charge is 0.416 e. The highest BCUT2D eigenvalue weighted by molar-refractivity contribution is 7.91. The Kier molecular flexibility index (Phi) is 10.5. The Bertz CT molecular complexity index is 1660. The number of benzene rings is 2. The molecule has 0 aliphatic carbocycles. The first kappa shape index (κ1) is 35.8. The minimum absolute atomic E-state index is 0.0393. The second-order valence-corrected chi connectivity index (χ2v) is 16.1. The van der Waals surface area contributed by atoms with E-state index in [-0.39, 0.29) is 24.7 Å². The molecule has 4 heterocycles. The first-order valence-corrected chi connectivity index (χ1v) is 18.7. The van der Waals surface area contributed by atoms with E-state index in [2.05, 4.69) is 9.80 Å². The van der Waals surface area contributed by atoms with E-state index in [9.17, 15) is 39.6 Å². The van der Waals surface area contributed by atoms with Gasteiger partial charge in [-0.1, -0.05) is 36.4 Å². The van der Waals surface area contributed by atoms with Crippen LogP contribution in [-0.4, -0.2) is 97.3 Å². The zero-order valence-electron chi connectivity index (χ0n) is 26.7. The van der Waals surface area contributed by atoms with Gasteiger partial charge in [-0.05, 0) is 67.3 Å². The SMILES string of the molecule is O=C(c1cc(C(F)(F)F)cc(C(F)(F)F)c1)N1CC[C@H](N2CCN(C3CCCN(S(=O)(=O)c4cccs4)C3)CC2)C[C@H]1Cc1ccccc1. The van der Waals surface area contributed by atoms with Crippen LogP contribution in [0, 0.1) is 0 Å². The van der Waals surface area contributed by atoms with Gasteiger partial charge in [0.2, 0.25) is 0 Å². The second kappa shape index (κ2) is 14.3. The van der Waals surface area contributed by atoms with Crippen LogP contribution in [0.4, 0.5) is 26.3 Å². The molecule has 2 aromatic carbocycles. The monoisotopic (exact) mass is 728 g/mol. The Morgan fingerprint density at radius 2 is 1.41 bits per heavy atom. The van der Waals surface area contributed by atoms with Gasteiger partial charge in [-0.2, -0.15) is 30.6 Å². The normalized spacial score (nSPS) is 23.9. The van der Waals surface area contributed by atoms with Crippen LogP contribution >= 0.6 is 11.3 Å². The molecule has 49 heavy (non-hydrogen) atoms. The lowest BCUT2D eigenvalue weighted by atomic mass is 9.90. The van der Waals surface area contributed by atoms with Crippen LogP contribution in [0.15, 0.2) is 70.3 Å². The summed E-state index contributed by atoms with van der Waals surface area (Å²) in [6, 6.07) is 13.5. The van der Waals surface area contributed by atoms with Gasteiger partial charge in [0.25, 0.3) is 15.9 Å². The standard InChI is InChI=1S/C34H38F6N4O3S2/c35-33(36,37)26-19-25(20-27(21-26)34(38,39)40)32(45)44-12-10-28(22-30(44)18-24-6-2-1-3-7-24)41-13-15-42(16-14-41)29-8-4-11-43(23-29)49(46,47)31-9-5-17-48-31/h1-3,5-7,9,17,19-21,28-30H,4,8,10-16,18,22-23H2/t28-,29?,30+/m0/s1. The maximum absolute atomic E-state index is 13.8. The van der Waals surface area contributed by atoms with Gasteiger partial charge in [0, 0.05) is 69.5 Å². The van der Waals surface area contributed by atoms with Gasteiger partial charge in [0.1, 0.15) is 4.21 Å². The quantitative estimate of drug-likeness (QED) is 0.261. The highest BCUT2D eigenvalue weighted by atomic mass is 32.2. The summed E-state index contributed by atoms with van der Waals surface area (Å²) in [7, 11) is -3.53. The molecule has 0 saturated carbocycles. The van der Waals surface area contributed by atoms with E-state index in [1.807, 2.05) is 30.3 Å². The molecular weight excluding hydrogens is 691 g/mol. The Hall–Kier alpha value is -2.98. The fourth-order valence-electron chi connectivity index (χ4n) is 7.40. The maximum atomic E-state index is 13.8. The molecule has 7 nitrogen and oxygen atoms in total. The molecular formula is C34H38F6N4O3S2. The number of likely N-dealkylation sites (tertiary alicyclic amines) is 1. The fraction of sp³-hybridized carbons (Fsp3) is 0.500. The fourth-order valence-corrected chi connectivity index (χ4v) is 10.1. The molecule has 0 bridgehead atoms. The van der Waals surface area contributed by atoms with E-state index in [1.165, 1.54) is 16.2 Å². The molecule has 1 amide bonds. The number of carbonyl (C=O) groups excluding carboxylic acids is 1. The third-order valence-electron chi connectivity index (χ3n) is 9.93. The van der Waals surface area contributed by atoms with Gasteiger partial charge in [-0.15, -0.1) is 11.3 Å². The van der Waals surface area contributed by atoms with Crippen molar-refractivity contribution >= 4 is 27.3 Å². The molecule has 0 N–H and O–H groups in total. The molecule has 3 fully saturated rings. The molecule has 1 unspecified atom stereocenters. The lowest BCUT2D eigenvalue weighted by molar-refractivity contribution is -0.143. The summed E-state index contributed by atoms with van der Waals surface area (Å²) >= 11 is 1.22. The van der Waals surface area contributed by atoms with E-state index in [4.69, 9.17) is 0 Å². The van der Waals surface area contributed by atoms with Crippen molar-refractivity contribution in [1.29, 1.82) is 0 Å². The van der Waals surface area contributed by atoms with Gasteiger partial charge in [-0.25, -0.2) is 8.42 Å². The smallest absolute Gasteiger partial charge is 0.335 e. The van der Waals surface area contributed by atoms with E-state index >= 15 is 0 Å². The molecule has 3 atom stereocenters. The highest BCUT2D eigenvalue weighted by Gasteiger charge is 2.41. The molecule has 0 radical (unpaired) electrons. The summed E-state index contributed by atoms with van der Waals surface area (Å²) in [6.07, 6.45) is -6.97. The van der Waals surface area contributed by atoms with Gasteiger partial charge in [0.05, 0.1) is 11.1 Å². The second-order valence-electron chi connectivity index (χ2n) is 13.0. The third kappa shape index (κ3) is 8.16. The van der Waals surface area contributed by atoms with E-state index < -0.39 is 51.0 Å². The predicted octanol–water partition coefficient (Wildman–Crippen LogP) is 6.47. The molecule has 3 saturated heterocycles. The summed E-state index contributed by atoms with van der Waals surface area (Å²) in [5, 5.41) is 1.76. The third-order valence-corrected chi connectivity index (χ3v) is 13.2. The van der Waals surface area contributed by atoms with E-state index in [1.54, 1.807) is 21.8 Å². The van der Waals surface area contributed by atoms with Crippen LogP contribution in [0.2, 0.25) is 0 Å². The number of hydrogen-bond donors (Lipinski definition) is 0. The van der Waals surface area contributed by atoms with Crippen molar-refractivity contribution in [2.75, 3.05) is 45.8 Å². The number of halogens is 6. The van der Waals surface area contributed by atoms with Crippen LogP contribution in [0.1, 0.15) is 52.7 Å². The van der Waals surface area contributed by atoms with Crippen molar-refractivity contribution in [1.82, 2.24) is 19.0 Å². The van der Waals surface area contributed by atoms with Crippen LogP contribution < -0.4 is 0 Å². The number of carbonyl (C=O) groups is 1. The van der Waals surface area contributed by atoms with Crippen molar-refractivity contribution in [3.63, 3.8) is 0 Å². The van der Waals surface area contributed by atoms with Crippen molar-refractivity contribution in [3.8, 4) is 0 Å². The van der Waals surface area contributed by atoms with Crippen molar-refractivity contribution in [3.05, 3.63) is 88.3 Å². The van der Waals surface area contributed by atoms with Crippen LogP contribution in [0.3, 0.4) is 0 Å². The number of piperidine rings is 2. The zero-order valence-corrected chi connectivity index (χ0v) is 28.3. The summed E-state index contributed by atoms with van der Waals surface area (Å²) in [4.78, 5) is 19.9. The molecule has 1 aromatic heterocycles. The van der Waals surface area contributed by atoms with Crippen LogP contribution in [-0.2, 0) is 28.8 Å². The first-order valence-electron chi connectivity index (χ1n) is 16.4. The van der Waals surface area contributed by atoms with Crippen LogP contribution in [0.5, 0.6) is 0 Å². The topological polar surface area (TPSA) is 64.2 Å². The van der Waals surface area contributed by atoms with Gasteiger partial charge < -0.3 is 4.90 Å². The highest BCUT2D eigenvalue weighted by Crippen LogP contribution is 2.37. The number of amides is 1. The summed E-state index contributed by atoms with van der Waals surface area (Å²) in [5.41, 5.74) is -2.74. The molecule has 0 spiro atoms. The molecule has 6 rings (SSSR count). The molecule has 3 aliphatic heterocycles. The lowest BCUT2D eigenvalue weighted by Crippen LogP contribution is -2.59. The van der Waals surface area contributed by atoms with Crippen molar-refractivity contribution in [2.24, 2.45) is 0 Å². The molecule has 15 heteroatoms. The molecule has 3 aromatic rings. The van der Waals surface area contributed by atoms with Crippen molar-refractivity contribution in [2.45, 2.75) is 66.8 Å². The summed E-state index contributed by atoms with van der Waals surface area (Å²) in [6.45, 7) is 4.06. The van der Waals surface area contributed by atoms with Gasteiger partial charge in [-0.3, -0.25) is 14.6 Å².